The molecule has 2 aromatic carbocycles. The lowest BCUT2D eigenvalue weighted by Gasteiger charge is -2.21. The number of rotatable bonds is 1. The van der Waals surface area contributed by atoms with Crippen molar-refractivity contribution in [1.29, 1.82) is 0 Å². The summed E-state index contributed by atoms with van der Waals surface area (Å²) >= 11 is 1.93. The Kier molecular flexibility index (Phi) is 2.60. The first-order chi connectivity index (χ1) is 8.25. The van der Waals surface area contributed by atoms with E-state index in [4.69, 9.17) is 0 Å². The zero-order valence-electron chi connectivity index (χ0n) is 10.1. The minimum atomic E-state index is 0.410. The third kappa shape index (κ3) is 1.83. The monoisotopic (exact) mass is 241 g/mol. The topological polar surface area (TPSA) is 3.24 Å². The Morgan fingerprint density at radius 3 is 2.59 bits per heavy atom. The number of anilines is 1. The number of thioether (sulfide) groups is 1. The minimum absolute atomic E-state index is 0.410. The first kappa shape index (κ1) is 10.7. The molecule has 0 aliphatic carbocycles. The molecule has 1 heterocycles. The summed E-state index contributed by atoms with van der Waals surface area (Å²) in [6.45, 7) is 2.15. The number of nitrogens with zero attached hydrogens (tertiary/aromatic N) is 1. The van der Waals surface area contributed by atoms with Crippen LogP contribution in [0.25, 0.3) is 0 Å². The van der Waals surface area contributed by atoms with Gasteiger partial charge < -0.3 is 4.90 Å². The van der Waals surface area contributed by atoms with E-state index in [0.717, 1.165) is 0 Å². The second kappa shape index (κ2) is 4.11. The maximum Gasteiger partial charge on any atom is 0.105 e. The van der Waals surface area contributed by atoms with Crippen molar-refractivity contribution in [3.05, 3.63) is 59.7 Å². The number of fused-ring (bicyclic) bond motifs is 1. The third-order valence-corrected chi connectivity index (χ3v) is 4.58. The van der Waals surface area contributed by atoms with Gasteiger partial charge in [0.2, 0.25) is 0 Å². The fourth-order valence-corrected chi connectivity index (χ4v) is 3.51. The molecule has 17 heavy (non-hydrogen) atoms. The molecule has 3 rings (SSSR count). The van der Waals surface area contributed by atoms with Crippen molar-refractivity contribution in [3.8, 4) is 0 Å². The van der Waals surface area contributed by atoms with Crippen LogP contribution in [0.3, 0.4) is 0 Å². The van der Waals surface area contributed by atoms with Crippen LogP contribution in [0.15, 0.2) is 53.4 Å². The molecule has 0 radical (unpaired) electrons. The van der Waals surface area contributed by atoms with Crippen LogP contribution in [-0.2, 0) is 0 Å². The van der Waals surface area contributed by atoms with Crippen LogP contribution in [0, 0.1) is 6.92 Å². The van der Waals surface area contributed by atoms with Crippen LogP contribution in [-0.4, -0.2) is 7.05 Å². The molecule has 2 aromatic rings. The van der Waals surface area contributed by atoms with E-state index < -0.39 is 0 Å². The molecule has 2 heteroatoms. The third-order valence-electron chi connectivity index (χ3n) is 3.17. The lowest BCUT2D eigenvalue weighted by Crippen LogP contribution is -2.16. The van der Waals surface area contributed by atoms with Gasteiger partial charge in [0, 0.05) is 11.9 Å². The van der Waals surface area contributed by atoms with Crippen molar-refractivity contribution in [2.45, 2.75) is 17.2 Å². The molecular formula is C15H15NS. The van der Waals surface area contributed by atoms with Crippen LogP contribution in [0.2, 0.25) is 0 Å². The van der Waals surface area contributed by atoms with Gasteiger partial charge in [0.05, 0.1) is 5.69 Å². The molecule has 0 bridgehead atoms. The first-order valence-electron chi connectivity index (χ1n) is 5.81. The summed E-state index contributed by atoms with van der Waals surface area (Å²) in [4.78, 5) is 3.74. The molecule has 0 saturated carbocycles. The number of aryl methyl sites for hydroxylation is 1. The Balaban J connectivity index is 1.99. The van der Waals surface area contributed by atoms with Crippen molar-refractivity contribution < 1.29 is 0 Å². The van der Waals surface area contributed by atoms with Gasteiger partial charge in [0.1, 0.15) is 5.37 Å². The Bertz CT molecular complexity index is 536. The van der Waals surface area contributed by atoms with E-state index >= 15 is 0 Å². The molecule has 0 N–H and O–H groups in total. The molecule has 1 nitrogen and oxygen atoms in total. The van der Waals surface area contributed by atoms with Crippen LogP contribution in [0.4, 0.5) is 5.69 Å². The van der Waals surface area contributed by atoms with Gasteiger partial charge in [-0.3, -0.25) is 0 Å². The molecular weight excluding hydrogens is 226 g/mol. The molecule has 86 valence electrons. The largest absolute Gasteiger partial charge is 0.357 e. The van der Waals surface area contributed by atoms with Crippen molar-refractivity contribution in [2.75, 3.05) is 11.9 Å². The predicted molar refractivity (Wildman–Crippen MR) is 74.6 cm³/mol. The average Bonchev–Trinajstić information content (AvgIpc) is 2.68. The van der Waals surface area contributed by atoms with Gasteiger partial charge in [-0.05, 0) is 30.2 Å². The fraction of sp³-hybridized carbons (Fsp3) is 0.200. The highest BCUT2D eigenvalue weighted by Crippen LogP contribution is 2.50. The van der Waals surface area contributed by atoms with E-state index in [9.17, 15) is 0 Å². The number of hydrogen-bond acceptors (Lipinski definition) is 2. The second-order valence-electron chi connectivity index (χ2n) is 4.46. The highest BCUT2D eigenvalue weighted by molar-refractivity contribution is 8.00. The van der Waals surface area contributed by atoms with E-state index in [1.807, 2.05) is 11.8 Å². The van der Waals surface area contributed by atoms with E-state index in [1.165, 1.54) is 21.7 Å². The summed E-state index contributed by atoms with van der Waals surface area (Å²) in [5.74, 6) is 0. The van der Waals surface area contributed by atoms with Gasteiger partial charge in [-0.2, -0.15) is 0 Å². The van der Waals surface area contributed by atoms with Crippen molar-refractivity contribution in [3.63, 3.8) is 0 Å². The normalized spacial score (nSPS) is 18.2. The summed E-state index contributed by atoms with van der Waals surface area (Å²) in [7, 11) is 2.18. The smallest absolute Gasteiger partial charge is 0.105 e. The summed E-state index contributed by atoms with van der Waals surface area (Å²) in [6.07, 6.45) is 0. The van der Waals surface area contributed by atoms with Gasteiger partial charge in [-0.1, -0.05) is 48.2 Å². The minimum Gasteiger partial charge on any atom is -0.357 e. The van der Waals surface area contributed by atoms with E-state index in [-0.39, 0.29) is 0 Å². The van der Waals surface area contributed by atoms with Crippen LogP contribution in [0.5, 0.6) is 0 Å². The molecule has 0 aromatic heterocycles. The molecule has 0 fully saturated rings. The van der Waals surface area contributed by atoms with Crippen molar-refractivity contribution in [2.24, 2.45) is 0 Å². The highest BCUT2D eigenvalue weighted by Gasteiger charge is 2.28. The molecule has 0 spiro atoms. The zero-order chi connectivity index (χ0) is 11.8. The van der Waals surface area contributed by atoms with Gasteiger partial charge in [0.15, 0.2) is 0 Å². The summed E-state index contributed by atoms with van der Waals surface area (Å²) in [5.41, 5.74) is 4.04. The maximum atomic E-state index is 2.36. The molecule has 1 atom stereocenters. The maximum absolute atomic E-state index is 2.36. The highest BCUT2D eigenvalue weighted by atomic mass is 32.2. The quantitative estimate of drug-likeness (QED) is 0.735. The Labute approximate surface area is 106 Å². The molecule has 0 amide bonds. The average molecular weight is 241 g/mol. The Morgan fingerprint density at radius 2 is 1.82 bits per heavy atom. The summed E-state index contributed by atoms with van der Waals surface area (Å²) in [5, 5.41) is 0.410. The summed E-state index contributed by atoms with van der Waals surface area (Å²) < 4.78 is 0. The van der Waals surface area contributed by atoms with Gasteiger partial charge in [-0.15, -0.1) is 0 Å². The van der Waals surface area contributed by atoms with E-state index in [2.05, 4.69) is 67.4 Å². The standard InChI is InChI=1S/C15H15NS/c1-11-8-9-14-13(10-11)16(2)15(17-14)12-6-4-3-5-7-12/h3-10,15H,1-2H3. The number of hydrogen-bond donors (Lipinski definition) is 0. The van der Waals surface area contributed by atoms with Gasteiger partial charge >= 0.3 is 0 Å². The van der Waals surface area contributed by atoms with Gasteiger partial charge in [0.25, 0.3) is 0 Å². The predicted octanol–water partition coefficient (Wildman–Crippen LogP) is 4.24. The van der Waals surface area contributed by atoms with Crippen molar-refractivity contribution >= 4 is 17.4 Å². The molecule has 1 aliphatic rings. The SMILES string of the molecule is Cc1ccc2c(c1)N(C)C(c1ccccc1)S2. The van der Waals surface area contributed by atoms with Crippen LogP contribution < -0.4 is 4.90 Å². The number of benzene rings is 2. The lowest BCUT2D eigenvalue weighted by atomic mass is 10.2. The molecule has 1 unspecified atom stereocenters. The van der Waals surface area contributed by atoms with Gasteiger partial charge in [-0.25, -0.2) is 0 Å². The second-order valence-corrected chi connectivity index (χ2v) is 5.59. The fourth-order valence-electron chi connectivity index (χ4n) is 2.24. The zero-order valence-corrected chi connectivity index (χ0v) is 10.9. The first-order valence-corrected chi connectivity index (χ1v) is 6.69. The van der Waals surface area contributed by atoms with Crippen LogP contribution in [0.1, 0.15) is 16.5 Å². The summed E-state index contributed by atoms with van der Waals surface area (Å²) in [6, 6.07) is 17.4. The molecule has 1 aliphatic heterocycles. The van der Waals surface area contributed by atoms with Crippen molar-refractivity contribution in [1.82, 2.24) is 0 Å². The Morgan fingerprint density at radius 1 is 1.06 bits per heavy atom. The van der Waals surface area contributed by atoms with E-state index in [1.54, 1.807) is 0 Å². The lowest BCUT2D eigenvalue weighted by molar-refractivity contribution is 0.912. The Hall–Kier alpha value is -1.41. The van der Waals surface area contributed by atoms with E-state index in [0.29, 0.717) is 5.37 Å². The molecule has 0 saturated heterocycles. The van der Waals surface area contributed by atoms with Crippen LogP contribution >= 0.6 is 11.8 Å².